The Morgan fingerprint density at radius 2 is 2.45 bits per heavy atom. The van der Waals surface area contributed by atoms with Crippen molar-refractivity contribution in [3.05, 3.63) is 17.5 Å². The van der Waals surface area contributed by atoms with Crippen LogP contribution in [0.2, 0.25) is 0 Å². The SMILES string of the molecule is C[CH]c1csc(OC(F)F)n1. The van der Waals surface area contributed by atoms with Gasteiger partial charge in [0.2, 0.25) is 0 Å². The molecule has 0 bridgehead atoms. The molecule has 0 spiro atoms. The third kappa shape index (κ3) is 2.42. The van der Waals surface area contributed by atoms with Crippen molar-refractivity contribution in [2.45, 2.75) is 13.5 Å². The maximum Gasteiger partial charge on any atom is 0.389 e. The van der Waals surface area contributed by atoms with Crippen LogP contribution in [0.15, 0.2) is 5.38 Å². The van der Waals surface area contributed by atoms with Crippen LogP contribution in [0.3, 0.4) is 0 Å². The minimum absolute atomic E-state index is 0.00750. The Labute approximate surface area is 66.8 Å². The van der Waals surface area contributed by atoms with E-state index in [-0.39, 0.29) is 5.19 Å². The molecule has 0 unspecified atom stereocenters. The number of hydrogen-bond donors (Lipinski definition) is 0. The van der Waals surface area contributed by atoms with Gasteiger partial charge in [0.15, 0.2) is 0 Å². The number of hydrogen-bond acceptors (Lipinski definition) is 3. The molecular weight excluding hydrogens is 172 g/mol. The minimum Gasteiger partial charge on any atom is -0.408 e. The number of ether oxygens (including phenoxy) is 1. The van der Waals surface area contributed by atoms with Gasteiger partial charge < -0.3 is 4.74 Å². The fourth-order valence-electron chi connectivity index (χ4n) is 0.532. The normalized spacial score (nSPS) is 10.5. The predicted octanol–water partition coefficient (Wildman–Crippen LogP) is 2.32. The molecule has 1 heterocycles. The van der Waals surface area contributed by atoms with E-state index in [1.165, 1.54) is 0 Å². The maximum absolute atomic E-state index is 11.6. The average molecular weight is 178 g/mol. The first-order valence-electron chi connectivity index (χ1n) is 2.92. The topological polar surface area (TPSA) is 22.1 Å². The van der Waals surface area contributed by atoms with Gasteiger partial charge in [-0.3, -0.25) is 0 Å². The molecule has 0 atom stereocenters. The van der Waals surface area contributed by atoms with E-state index in [0.717, 1.165) is 11.3 Å². The molecule has 0 aromatic carbocycles. The van der Waals surface area contributed by atoms with Crippen molar-refractivity contribution in [1.29, 1.82) is 0 Å². The molecule has 0 saturated carbocycles. The number of thiazole rings is 1. The Kier molecular flexibility index (Phi) is 2.76. The number of nitrogens with zero attached hydrogens (tertiary/aromatic N) is 1. The second kappa shape index (κ2) is 3.61. The van der Waals surface area contributed by atoms with E-state index in [0.29, 0.717) is 5.69 Å². The van der Waals surface area contributed by atoms with Gasteiger partial charge in [-0.1, -0.05) is 18.3 Å². The molecule has 2 nitrogen and oxygen atoms in total. The molecule has 1 radical (unpaired) electrons. The van der Waals surface area contributed by atoms with Gasteiger partial charge in [0.05, 0.1) is 5.69 Å². The maximum atomic E-state index is 11.6. The van der Waals surface area contributed by atoms with Gasteiger partial charge in [-0.25, -0.2) is 4.98 Å². The summed E-state index contributed by atoms with van der Waals surface area (Å²) in [5, 5.41) is 1.66. The fourth-order valence-corrected chi connectivity index (χ4v) is 1.23. The molecule has 0 aliphatic heterocycles. The van der Waals surface area contributed by atoms with E-state index in [4.69, 9.17) is 0 Å². The second-order valence-electron chi connectivity index (χ2n) is 1.71. The summed E-state index contributed by atoms with van der Waals surface area (Å²) >= 11 is 1.06. The van der Waals surface area contributed by atoms with Crippen molar-refractivity contribution in [2.24, 2.45) is 0 Å². The highest BCUT2D eigenvalue weighted by atomic mass is 32.1. The van der Waals surface area contributed by atoms with Crippen molar-refractivity contribution in [1.82, 2.24) is 4.98 Å². The average Bonchev–Trinajstić information content (AvgIpc) is 2.34. The van der Waals surface area contributed by atoms with Gasteiger partial charge in [-0.2, -0.15) is 8.78 Å². The van der Waals surface area contributed by atoms with Gasteiger partial charge in [-0.15, -0.1) is 0 Å². The minimum atomic E-state index is -2.79. The van der Waals surface area contributed by atoms with E-state index in [1.807, 2.05) is 0 Å². The molecule has 0 saturated heterocycles. The molecular formula is C6H6F2NOS. The summed E-state index contributed by atoms with van der Waals surface area (Å²) in [7, 11) is 0. The Hall–Kier alpha value is -0.710. The summed E-state index contributed by atoms with van der Waals surface area (Å²) in [6, 6.07) is 0. The van der Waals surface area contributed by atoms with Crippen LogP contribution < -0.4 is 4.74 Å². The Balaban J connectivity index is 2.58. The number of rotatable bonds is 3. The summed E-state index contributed by atoms with van der Waals surface area (Å²) in [5.74, 6) is 0. The van der Waals surface area contributed by atoms with Crippen LogP contribution in [0, 0.1) is 6.42 Å². The van der Waals surface area contributed by atoms with E-state index in [9.17, 15) is 8.78 Å². The summed E-state index contributed by atoms with van der Waals surface area (Å²) in [6.07, 6.45) is 1.72. The molecule has 61 valence electrons. The molecule has 0 fully saturated rings. The van der Waals surface area contributed by atoms with Gasteiger partial charge in [0.1, 0.15) is 0 Å². The lowest BCUT2D eigenvalue weighted by molar-refractivity contribution is -0.0499. The highest BCUT2D eigenvalue weighted by molar-refractivity contribution is 7.11. The molecule has 1 aromatic rings. The summed E-state index contributed by atoms with van der Waals surface area (Å²) in [5.41, 5.74) is 0.658. The van der Waals surface area contributed by atoms with E-state index in [2.05, 4.69) is 9.72 Å². The Morgan fingerprint density at radius 3 is 2.91 bits per heavy atom. The van der Waals surface area contributed by atoms with Gasteiger partial charge in [-0.05, 0) is 0 Å². The molecule has 1 aromatic heterocycles. The molecule has 1 rings (SSSR count). The molecule has 11 heavy (non-hydrogen) atoms. The summed E-state index contributed by atoms with van der Waals surface area (Å²) < 4.78 is 27.2. The molecule has 0 N–H and O–H groups in total. The van der Waals surface area contributed by atoms with E-state index < -0.39 is 6.61 Å². The van der Waals surface area contributed by atoms with Crippen LogP contribution in [0.25, 0.3) is 0 Å². The standard InChI is InChI=1S/C6H6F2NOS/c1-2-4-3-11-6(9-4)10-5(7)8/h2-3,5H,1H3. The molecule has 0 aliphatic rings. The quantitative estimate of drug-likeness (QED) is 0.708. The number of alkyl halides is 2. The lowest BCUT2D eigenvalue weighted by atomic mass is 10.4. The van der Waals surface area contributed by atoms with Crippen molar-refractivity contribution < 1.29 is 13.5 Å². The predicted molar refractivity (Wildman–Crippen MR) is 37.8 cm³/mol. The van der Waals surface area contributed by atoms with Crippen molar-refractivity contribution >= 4 is 11.3 Å². The third-order valence-electron chi connectivity index (χ3n) is 0.987. The molecule has 0 aliphatic carbocycles. The summed E-state index contributed by atoms with van der Waals surface area (Å²) in [6.45, 7) is -1.01. The first kappa shape index (κ1) is 8.39. The van der Waals surface area contributed by atoms with Crippen LogP contribution in [0.4, 0.5) is 8.78 Å². The van der Waals surface area contributed by atoms with Gasteiger partial charge in [0.25, 0.3) is 5.19 Å². The van der Waals surface area contributed by atoms with Crippen molar-refractivity contribution in [3.8, 4) is 5.19 Å². The van der Waals surface area contributed by atoms with Crippen molar-refractivity contribution in [3.63, 3.8) is 0 Å². The lowest BCUT2D eigenvalue weighted by Gasteiger charge is -1.96. The van der Waals surface area contributed by atoms with E-state index >= 15 is 0 Å². The number of halogens is 2. The number of aromatic nitrogens is 1. The lowest BCUT2D eigenvalue weighted by Crippen LogP contribution is -2.01. The highest BCUT2D eigenvalue weighted by Crippen LogP contribution is 2.20. The highest BCUT2D eigenvalue weighted by Gasteiger charge is 2.07. The monoisotopic (exact) mass is 178 g/mol. The van der Waals surface area contributed by atoms with Gasteiger partial charge in [0, 0.05) is 11.8 Å². The zero-order valence-electron chi connectivity index (χ0n) is 5.75. The first-order chi connectivity index (χ1) is 5.22. The van der Waals surface area contributed by atoms with Gasteiger partial charge >= 0.3 is 6.61 Å². The smallest absolute Gasteiger partial charge is 0.389 e. The van der Waals surface area contributed by atoms with E-state index in [1.54, 1.807) is 18.7 Å². The Bertz CT molecular complexity index is 226. The Morgan fingerprint density at radius 1 is 1.73 bits per heavy atom. The first-order valence-corrected chi connectivity index (χ1v) is 3.80. The zero-order valence-corrected chi connectivity index (χ0v) is 6.57. The molecule has 5 heteroatoms. The molecule has 0 amide bonds. The summed E-state index contributed by atoms with van der Waals surface area (Å²) in [4.78, 5) is 3.73. The van der Waals surface area contributed by atoms with Crippen LogP contribution in [-0.2, 0) is 0 Å². The van der Waals surface area contributed by atoms with Crippen LogP contribution in [0.1, 0.15) is 12.6 Å². The van der Waals surface area contributed by atoms with Crippen molar-refractivity contribution in [2.75, 3.05) is 0 Å². The fraction of sp³-hybridized carbons (Fsp3) is 0.333. The zero-order chi connectivity index (χ0) is 8.27. The second-order valence-corrected chi connectivity index (χ2v) is 2.53. The van der Waals surface area contributed by atoms with Crippen LogP contribution in [-0.4, -0.2) is 11.6 Å². The third-order valence-corrected chi connectivity index (χ3v) is 1.74. The van der Waals surface area contributed by atoms with Crippen LogP contribution in [0.5, 0.6) is 5.19 Å². The largest absolute Gasteiger partial charge is 0.408 e. The van der Waals surface area contributed by atoms with Crippen LogP contribution >= 0.6 is 11.3 Å².